The van der Waals surface area contributed by atoms with Crippen LogP contribution >= 0.6 is 0 Å². The lowest BCUT2D eigenvalue weighted by Crippen LogP contribution is -2.26. The van der Waals surface area contributed by atoms with Crippen LogP contribution in [-0.2, 0) is 4.74 Å². The second-order valence-electron chi connectivity index (χ2n) is 8.46. The van der Waals surface area contributed by atoms with Crippen molar-refractivity contribution in [2.75, 3.05) is 13.2 Å². The van der Waals surface area contributed by atoms with Gasteiger partial charge in [0.25, 0.3) is 5.91 Å². The summed E-state index contributed by atoms with van der Waals surface area (Å²) in [6, 6.07) is 6.90. The molecule has 1 aromatic carbocycles. The number of amides is 1. The van der Waals surface area contributed by atoms with Crippen LogP contribution in [0.25, 0.3) is 0 Å². The van der Waals surface area contributed by atoms with E-state index < -0.39 is 5.97 Å². The van der Waals surface area contributed by atoms with Crippen LogP contribution in [0.3, 0.4) is 0 Å². The minimum Gasteiger partial charge on any atom is -0.462 e. The first-order chi connectivity index (χ1) is 14.5. The Labute approximate surface area is 183 Å². The Hall–Kier alpha value is -2.10. The van der Waals surface area contributed by atoms with E-state index in [-0.39, 0.29) is 5.91 Å². The smallest absolute Gasteiger partial charge is 0.338 e. The van der Waals surface area contributed by atoms with Crippen LogP contribution in [0.1, 0.15) is 106 Å². The maximum absolute atomic E-state index is 12.5. The van der Waals surface area contributed by atoms with Crippen LogP contribution in [-0.4, -0.2) is 25.0 Å². The van der Waals surface area contributed by atoms with Gasteiger partial charge in [-0.05, 0) is 57.6 Å². The van der Waals surface area contributed by atoms with E-state index in [1.807, 2.05) is 0 Å². The van der Waals surface area contributed by atoms with Crippen molar-refractivity contribution in [3.05, 3.63) is 47.0 Å². The van der Waals surface area contributed by atoms with Crippen molar-refractivity contribution in [3.8, 4) is 0 Å². The quantitative estimate of drug-likeness (QED) is 0.197. The molecular formula is C26H41NO3. The van der Waals surface area contributed by atoms with Crippen molar-refractivity contribution >= 4 is 11.9 Å². The lowest BCUT2D eigenvalue weighted by molar-refractivity contribution is 0.0480. The van der Waals surface area contributed by atoms with Gasteiger partial charge in [-0.2, -0.15) is 0 Å². The molecule has 168 valence electrons. The zero-order valence-corrected chi connectivity index (χ0v) is 19.5. The molecule has 0 aliphatic rings. The number of hydrogen-bond acceptors (Lipinski definition) is 3. The first kappa shape index (κ1) is 25.9. The topological polar surface area (TPSA) is 55.4 Å². The average Bonchev–Trinajstić information content (AvgIpc) is 2.72. The molecule has 0 heterocycles. The Morgan fingerprint density at radius 2 is 1.67 bits per heavy atom. The standard InChI is InChI=1S/C26H41NO3/c1-5-6-7-8-9-12-19-27-25(28)23-16-10-11-17-24(23)26(29)30-20-18-22(4)15-13-14-21(2)3/h10-11,14,16-17,22H,5-9,12-13,15,18-20H2,1-4H3,(H,27,28). The third-order valence-corrected chi connectivity index (χ3v) is 5.26. The molecule has 0 fully saturated rings. The van der Waals surface area contributed by atoms with Gasteiger partial charge in [0.2, 0.25) is 0 Å². The Morgan fingerprint density at radius 1 is 1.00 bits per heavy atom. The summed E-state index contributed by atoms with van der Waals surface area (Å²) in [5.74, 6) is -0.132. The summed E-state index contributed by atoms with van der Waals surface area (Å²) in [6.07, 6.45) is 12.3. The average molecular weight is 416 g/mol. The molecule has 0 spiro atoms. The van der Waals surface area contributed by atoms with Crippen LogP contribution < -0.4 is 5.32 Å². The van der Waals surface area contributed by atoms with Crippen molar-refractivity contribution in [1.29, 1.82) is 0 Å². The number of carbonyl (C=O) groups is 2. The van der Waals surface area contributed by atoms with Crippen molar-refractivity contribution < 1.29 is 14.3 Å². The number of nitrogens with one attached hydrogen (secondary N) is 1. The minimum absolute atomic E-state index is 0.203. The number of carbonyl (C=O) groups excluding carboxylic acids is 2. The number of ether oxygens (including phenoxy) is 1. The lowest BCUT2D eigenvalue weighted by atomic mass is 10.0. The SMILES string of the molecule is CCCCCCCCNC(=O)c1ccccc1C(=O)OCCC(C)CCC=C(C)C. The molecule has 1 aromatic rings. The van der Waals surface area contributed by atoms with E-state index in [4.69, 9.17) is 4.74 Å². The molecule has 0 aliphatic carbocycles. The fourth-order valence-electron chi connectivity index (χ4n) is 3.29. The van der Waals surface area contributed by atoms with Gasteiger partial charge in [-0.1, -0.05) is 69.7 Å². The van der Waals surface area contributed by atoms with E-state index >= 15 is 0 Å². The number of rotatable bonds is 15. The molecule has 1 N–H and O–H groups in total. The van der Waals surface area contributed by atoms with Gasteiger partial charge >= 0.3 is 5.97 Å². The minimum atomic E-state index is -0.420. The molecule has 4 nitrogen and oxygen atoms in total. The van der Waals surface area contributed by atoms with Gasteiger partial charge in [0.15, 0.2) is 0 Å². The number of hydrogen-bond donors (Lipinski definition) is 1. The molecule has 1 amide bonds. The second kappa shape index (κ2) is 15.7. The Bertz CT molecular complexity index is 662. The highest BCUT2D eigenvalue weighted by Gasteiger charge is 2.17. The zero-order valence-electron chi connectivity index (χ0n) is 19.5. The number of allylic oxidation sites excluding steroid dienone is 2. The van der Waals surface area contributed by atoms with Gasteiger partial charge in [0.05, 0.1) is 17.7 Å². The highest BCUT2D eigenvalue weighted by atomic mass is 16.5. The number of esters is 1. The van der Waals surface area contributed by atoms with Gasteiger partial charge in [-0.3, -0.25) is 4.79 Å². The molecule has 0 radical (unpaired) electrons. The van der Waals surface area contributed by atoms with Crippen molar-refractivity contribution in [2.45, 2.75) is 85.5 Å². The number of unbranched alkanes of at least 4 members (excludes halogenated alkanes) is 5. The largest absolute Gasteiger partial charge is 0.462 e. The molecular weight excluding hydrogens is 374 g/mol. The van der Waals surface area contributed by atoms with Gasteiger partial charge in [0, 0.05) is 6.54 Å². The highest BCUT2D eigenvalue weighted by molar-refractivity contribution is 6.05. The molecule has 1 rings (SSSR count). The molecule has 0 bridgehead atoms. The van der Waals surface area contributed by atoms with E-state index in [0.717, 1.165) is 32.1 Å². The van der Waals surface area contributed by atoms with Gasteiger partial charge in [-0.15, -0.1) is 0 Å². The van der Waals surface area contributed by atoms with Crippen molar-refractivity contribution in [1.82, 2.24) is 5.32 Å². The molecule has 0 saturated heterocycles. The molecule has 0 aliphatic heterocycles. The Kier molecular flexibility index (Phi) is 13.6. The summed E-state index contributed by atoms with van der Waals surface area (Å²) in [5, 5.41) is 2.94. The van der Waals surface area contributed by atoms with E-state index in [2.05, 4.69) is 39.1 Å². The van der Waals surface area contributed by atoms with E-state index in [1.165, 1.54) is 31.3 Å². The van der Waals surface area contributed by atoms with Crippen LogP contribution in [0.15, 0.2) is 35.9 Å². The zero-order chi connectivity index (χ0) is 22.2. The summed E-state index contributed by atoms with van der Waals surface area (Å²) in [4.78, 5) is 25.1. The Balaban J connectivity index is 2.42. The van der Waals surface area contributed by atoms with Crippen molar-refractivity contribution in [2.24, 2.45) is 5.92 Å². The summed E-state index contributed by atoms with van der Waals surface area (Å²) < 4.78 is 5.46. The van der Waals surface area contributed by atoms with Crippen LogP contribution in [0.5, 0.6) is 0 Å². The van der Waals surface area contributed by atoms with Crippen molar-refractivity contribution in [3.63, 3.8) is 0 Å². The fourth-order valence-corrected chi connectivity index (χ4v) is 3.29. The van der Waals surface area contributed by atoms with E-state index in [1.54, 1.807) is 24.3 Å². The summed E-state index contributed by atoms with van der Waals surface area (Å²) in [7, 11) is 0. The Morgan fingerprint density at radius 3 is 2.37 bits per heavy atom. The monoisotopic (exact) mass is 415 g/mol. The fraction of sp³-hybridized carbons (Fsp3) is 0.615. The molecule has 0 saturated carbocycles. The molecule has 1 unspecified atom stereocenters. The second-order valence-corrected chi connectivity index (χ2v) is 8.46. The van der Waals surface area contributed by atoms with Gasteiger partial charge < -0.3 is 10.1 Å². The van der Waals surface area contributed by atoms with E-state index in [0.29, 0.717) is 30.2 Å². The van der Waals surface area contributed by atoms with Crippen LogP contribution in [0, 0.1) is 5.92 Å². The maximum atomic E-state index is 12.5. The third kappa shape index (κ3) is 11.2. The molecule has 1 atom stereocenters. The van der Waals surface area contributed by atoms with Gasteiger partial charge in [-0.25, -0.2) is 4.79 Å². The predicted octanol–water partition coefficient (Wildman–Crippen LogP) is 6.71. The first-order valence-corrected chi connectivity index (χ1v) is 11.6. The van der Waals surface area contributed by atoms with Crippen LogP contribution in [0.4, 0.5) is 0 Å². The number of benzene rings is 1. The van der Waals surface area contributed by atoms with E-state index in [9.17, 15) is 9.59 Å². The molecule has 0 aromatic heterocycles. The lowest BCUT2D eigenvalue weighted by Gasteiger charge is -2.12. The summed E-state index contributed by atoms with van der Waals surface area (Å²) in [6.45, 7) is 9.60. The third-order valence-electron chi connectivity index (χ3n) is 5.26. The molecule has 30 heavy (non-hydrogen) atoms. The summed E-state index contributed by atoms with van der Waals surface area (Å²) in [5.41, 5.74) is 2.07. The summed E-state index contributed by atoms with van der Waals surface area (Å²) >= 11 is 0. The highest BCUT2D eigenvalue weighted by Crippen LogP contribution is 2.14. The first-order valence-electron chi connectivity index (χ1n) is 11.6. The van der Waals surface area contributed by atoms with Gasteiger partial charge in [0.1, 0.15) is 0 Å². The normalized spacial score (nSPS) is 11.6. The molecule has 4 heteroatoms. The van der Waals surface area contributed by atoms with Crippen LogP contribution in [0.2, 0.25) is 0 Å². The maximum Gasteiger partial charge on any atom is 0.338 e. The predicted molar refractivity (Wildman–Crippen MR) is 125 cm³/mol.